The summed E-state index contributed by atoms with van der Waals surface area (Å²) in [6, 6.07) is 0. The van der Waals surface area contributed by atoms with Crippen molar-refractivity contribution in [3.05, 3.63) is 0 Å². The molecule has 0 heterocycles. The SMILES string of the molecule is NC(CO)(CO)CO.O=S(=O)([O-])[O-].[Na+].[Na+]. The molecule has 0 aliphatic rings. The molecule has 0 unspecified atom stereocenters. The molecule has 5 N–H and O–H groups in total. The molecular formula is C4H11NNa2O7S. The first-order chi connectivity index (χ1) is 5.68. The predicted molar refractivity (Wildman–Crippen MR) is 38.7 cm³/mol. The maximum absolute atomic E-state index is 8.52. The van der Waals surface area contributed by atoms with Crippen LogP contribution in [0.5, 0.6) is 0 Å². The molecule has 0 fully saturated rings. The van der Waals surface area contributed by atoms with Crippen molar-refractivity contribution in [1.82, 2.24) is 0 Å². The summed E-state index contributed by atoms with van der Waals surface area (Å²) >= 11 is 0. The molecular weight excluding hydrogens is 252 g/mol. The third-order valence-electron chi connectivity index (χ3n) is 0.945. The third kappa shape index (κ3) is 25.7. The van der Waals surface area contributed by atoms with Gasteiger partial charge in [-0.1, -0.05) is 0 Å². The minimum atomic E-state index is -5.17. The van der Waals surface area contributed by atoms with E-state index in [0.29, 0.717) is 0 Å². The van der Waals surface area contributed by atoms with E-state index in [4.69, 9.17) is 38.6 Å². The maximum Gasteiger partial charge on any atom is 1.00 e. The molecule has 15 heavy (non-hydrogen) atoms. The molecule has 82 valence electrons. The second-order valence-corrected chi connectivity index (χ2v) is 3.06. The van der Waals surface area contributed by atoms with E-state index in [0.717, 1.165) is 0 Å². The molecule has 0 aliphatic heterocycles. The average molecular weight is 263 g/mol. The van der Waals surface area contributed by atoms with Gasteiger partial charge in [-0.15, -0.1) is 0 Å². The Labute approximate surface area is 132 Å². The molecule has 0 aromatic carbocycles. The fourth-order valence-corrected chi connectivity index (χ4v) is 0.150. The van der Waals surface area contributed by atoms with E-state index in [9.17, 15) is 0 Å². The normalized spacial score (nSPS) is 10.3. The first-order valence-corrected chi connectivity index (χ1v) is 4.30. The summed E-state index contributed by atoms with van der Waals surface area (Å²) in [6.07, 6.45) is 0. The fraction of sp³-hybridized carbons (Fsp3) is 1.00. The average Bonchev–Trinajstić information content (AvgIpc) is 2.00. The predicted octanol–water partition coefficient (Wildman–Crippen LogP) is -9.67. The second-order valence-electron chi connectivity index (χ2n) is 2.24. The molecule has 0 aromatic heterocycles. The topological polar surface area (TPSA) is 167 Å². The zero-order valence-electron chi connectivity index (χ0n) is 8.58. The van der Waals surface area contributed by atoms with Crippen molar-refractivity contribution in [3.63, 3.8) is 0 Å². The Morgan fingerprint density at radius 3 is 1.13 bits per heavy atom. The van der Waals surface area contributed by atoms with Crippen molar-refractivity contribution in [1.29, 1.82) is 0 Å². The number of hydrogen-bond acceptors (Lipinski definition) is 8. The van der Waals surface area contributed by atoms with Crippen molar-refractivity contribution in [2.24, 2.45) is 5.73 Å². The Hall–Kier alpha value is 1.71. The summed E-state index contributed by atoms with van der Waals surface area (Å²) < 4.78 is 34.1. The van der Waals surface area contributed by atoms with Crippen LogP contribution in [0.4, 0.5) is 0 Å². The molecule has 0 bridgehead atoms. The first kappa shape index (κ1) is 25.5. The molecule has 8 nitrogen and oxygen atoms in total. The van der Waals surface area contributed by atoms with E-state index >= 15 is 0 Å². The largest absolute Gasteiger partial charge is 1.00 e. The van der Waals surface area contributed by atoms with Gasteiger partial charge in [-0.2, -0.15) is 0 Å². The quantitative estimate of drug-likeness (QED) is 0.221. The van der Waals surface area contributed by atoms with Gasteiger partial charge in [0.25, 0.3) is 0 Å². The van der Waals surface area contributed by atoms with E-state index < -0.39 is 35.8 Å². The molecule has 0 aromatic rings. The molecule has 0 amide bonds. The van der Waals surface area contributed by atoms with E-state index in [1.165, 1.54) is 0 Å². The number of nitrogens with two attached hydrogens (primary N) is 1. The number of aliphatic hydroxyl groups excluding tert-OH is 3. The summed E-state index contributed by atoms with van der Waals surface area (Å²) in [5.41, 5.74) is 3.94. The van der Waals surface area contributed by atoms with Crippen LogP contribution in [0.25, 0.3) is 0 Å². The second kappa shape index (κ2) is 12.2. The fourth-order valence-electron chi connectivity index (χ4n) is 0.150. The molecule has 0 saturated heterocycles. The summed E-state index contributed by atoms with van der Waals surface area (Å²) in [4.78, 5) is 0. The Balaban J connectivity index is -0.0000000770. The van der Waals surface area contributed by atoms with Gasteiger partial charge in [0.2, 0.25) is 0 Å². The number of hydrogen-bond donors (Lipinski definition) is 4. The van der Waals surface area contributed by atoms with E-state index in [1.54, 1.807) is 0 Å². The van der Waals surface area contributed by atoms with Crippen molar-refractivity contribution >= 4 is 10.4 Å². The molecule has 0 radical (unpaired) electrons. The van der Waals surface area contributed by atoms with Crippen LogP contribution in [0.1, 0.15) is 0 Å². The van der Waals surface area contributed by atoms with Gasteiger partial charge >= 0.3 is 59.1 Å². The van der Waals surface area contributed by atoms with Crippen LogP contribution >= 0.6 is 0 Å². The van der Waals surface area contributed by atoms with Crippen LogP contribution in [0.2, 0.25) is 0 Å². The number of aliphatic hydroxyl groups is 3. The van der Waals surface area contributed by atoms with Crippen LogP contribution in [0, 0.1) is 0 Å². The summed E-state index contributed by atoms with van der Waals surface area (Å²) in [7, 11) is -5.17. The molecule has 0 rings (SSSR count). The van der Waals surface area contributed by atoms with Gasteiger partial charge in [0, 0.05) is 10.4 Å². The molecule has 11 heteroatoms. The van der Waals surface area contributed by atoms with Crippen molar-refractivity contribution in [2.45, 2.75) is 5.54 Å². The molecule has 0 saturated carbocycles. The monoisotopic (exact) mass is 263 g/mol. The van der Waals surface area contributed by atoms with E-state index in [2.05, 4.69) is 0 Å². The Morgan fingerprint density at radius 2 is 1.13 bits per heavy atom. The number of rotatable bonds is 3. The molecule has 0 spiro atoms. The van der Waals surface area contributed by atoms with E-state index in [-0.39, 0.29) is 59.1 Å². The van der Waals surface area contributed by atoms with Crippen LogP contribution in [0.3, 0.4) is 0 Å². The van der Waals surface area contributed by atoms with Gasteiger partial charge in [-0.3, -0.25) is 8.42 Å². The van der Waals surface area contributed by atoms with E-state index in [1.807, 2.05) is 0 Å². The van der Waals surface area contributed by atoms with Gasteiger partial charge in [0.05, 0.1) is 25.4 Å². The Bertz CT molecular complexity index is 201. The van der Waals surface area contributed by atoms with Crippen molar-refractivity contribution < 1.29 is 92.0 Å². The minimum absolute atomic E-state index is 0. The van der Waals surface area contributed by atoms with Crippen molar-refractivity contribution in [3.8, 4) is 0 Å². The maximum atomic E-state index is 8.52. The smallest absolute Gasteiger partial charge is 0.759 e. The molecule has 0 atom stereocenters. The standard InChI is InChI=1S/C4H11NO3.2Na.H2O4S/c5-4(1-6,2-7)3-8;;;1-5(2,3)4/h6-8H,1-3,5H2;;;(H2,1,2,3,4)/q;2*+1;/p-2. The summed E-state index contributed by atoms with van der Waals surface area (Å²) in [5.74, 6) is 0. The van der Waals surface area contributed by atoms with Crippen LogP contribution in [-0.4, -0.2) is 58.2 Å². The Morgan fingerprint density at radius 1 is 1.00 bits per heavy atom. The van der Waals surface area contributed by atoms with Gasteiger partial charge in [0.1, 0.15) is 0 Å². The zero-order chi connectivity index (χ0) is 11.1. The van der Waals surface area contributed by atoms with Gasteiger partial charge in [-0.25, -0.2) is 0 Å². The zero-order valence-corrected chi connectivity index (χ0v) is 13.4. The van der Waals surface area contributed by atoms with Crippen molar-refractivity contribution in [2.75, 3.05) is 19.8 Å². The van der Waals surface area contributed by atoms with Crippen LogP contribution in [0.15, 0.2) is 0 Å². The third-order valence-corrected chi connectivity index (χ3v) is 0.945. The minimum Gasteiger partial charge on any atom is -0.759 e. The summed E-state index contributed by atoms with van der Waals surface area (Å²) in [5, 5.41) is 25.0. The summed E-state index contributed by atoms with van der Waals surface area (Å²) in [6.45, 7) is -1.21. The van der Waals surface area contributed by atoms with Crippen LogP contribution in [-0.2, 0) is 10.4 Å². The van der Waals surface area contributed by atoms with Crippen LogP contribution < -0.4 is 64.8 Å². The van der Waals surface area contributed by atoms with Gasteiger partial charge < -0.3 is 30.2 Å². The molecule has 0 aliphatic carbocycles. The van der Waals surface area contributed by atoms with Gasteiger partial charge in [0.15, 0.2) is 0 Å². The first-order valence-electron chi connectivity index (χ1n) is 2.96. The van der Waals surface area contributed by atoms with Gasteiger partial charge in [-0.05, 0) is 0 Å². The Kier molecular flexibility index (Phi) is 20.7.